The molecule has 28 heavy (non-hydrogen) atoms. The Morgan fingerprint density at radius 3 is 2.68 bits per heavy atom. The highest BCUT2D eigenvalue weighted by molar-refractivity contribution is 5.83. The van der Waals surface area contributed by atoms with Crippen LogP contribution in [-0.4, -0.2) is 38.4 Å². The van der Waals surface area contributed by atoms with Gasteiger partial charge in [0.15, 0.2) is 0 Å². The van der Waals surface area contributed by atoms with Gasteiger partial charge in [-0.15, -0.1) is 0 Å². The van der Waals surface area contributed by atoms with E-state index in [1.54, 1.807) is 18.6 Å². The number of aromatic nitrogens is 3. The summed E-state index contributed by atoms with van der Waals surface area (Å²) >= 11 is 0. The van der Waals surface area contributed by atoms with Crippen molar-refractivity contribution in [3.05, 3.63) is 78.1 Å². The number of carbonyl (C=O) groups is 1. The fourth-order valence-electron chi connectivity index (χ4n) is 3.87. The Bertz CT molecular complexity index is 931. The van der Waals surface area contributed by atoms with Gasteiger partial charge in [0, 0.05) is 31.3 Å². The van der Waals surface area contributed by atoms with Gasteiger partial charge >= 0.3 is 0 Å². The van der Waals surface area contributed by atoms with E-state index in [0.717, 1.165) is 48.6 Å². The Kier molecular flexibility index (Phi) is 5.48. The average molecular weight is 375 g/mol. The first-order valence-corrected chi connectivity index (χ1v) is 9.74. The molecule has 2 aromatic heterocycles. The summed E-state index contributed by atoms with van der Waals surface area (Å²) in [6.07, 6.45) is 9.53. The van der Waals surface area contributed by atoms with Crippen molar-refractivity contribution in [2.24, 2.45) is 0 Å². The number of hydrogen-bond acceptors (Lipinski definition) is 4. The first-order valence-electron chi connectivity index (χ1n) is 9.74. The number of amides is 1. The second-order valence-electron chi connectivity index (χ2n) is 7.12. The Morgan fingerprint density at radius 2 is 1.96 bits per heavy atom. The molecule has 6 heteroatoms. The normalized spacial score (nSPS) is 15.5. The van der Waals surface area contributed by atoms with Crippen LogP contribution in [0.1, 0.15) is 35.8 Å². The molecule has 0 spiro atoms. The van der Waals surface area contributed by atoms with Crippen LogP contribution < -0.4 is 5.32 Å². The molecule has 144 valence electrons. The van der Waals surface area contributed by atoms with Gasteiger partial charge in [0.2, 0.25) is 5.91 Å². The first kappa shape index (κ1) is 18.4. The molecule has 1 fully saturated rings. The van der Waals surface area contributed by atoms with E-state index in [9.17, 15) is 4.79 Å². The zero-order valence-electron chi connectivity index (χ0n) is 16.1. The second kappa shape index (κ2) is 8.35. The Balaban J connectivity index is 1.54. The molecule has 0 radical (unpaired) electrons. The lowest BCUT2D eigenvalue weighted by molar-refractivity contribution is -0.126. The fourth-order valence-corrected chi connectivity index (χ4v) is 3.87. The molecular formula is C22H25N5O. The van der Waals surface area contributed by atoms with Gasteiger partial charge in [-0.2, -0.15) is 0 Å². The summed E-state index contributed by atoms with van der Waals surface area (Å²) in [5, 5.41) is 3.15. The minimum absolute atomic E-state index is 0.0204. The first-order chi connectivity index (χ1) is 13.7. The molecule has 6 nitrogen and oxygen atoms in total. The number of imidazole rings is 1. The van der Waals surface area contributed by atoms with Crippen molar-refractivity contribution >= 4 is 5.91 Å². The third-order valence-electron chi connectivity index (χ3n) is 5.28. The predicted molar refractivity (Wildman–Crippen MR) is 108 cm³/mol. The smallest absolute Gasteiger partial charge is 0.242 e. The van der Waals surface area contributed by atoms with Crippen molar-refractivity contribution in [3.8, 4) is 5.69 Å². The van der Waals surface area contributed by atoms with Crippen molar-refractivity contribution in [2.45, 2.75) is 32.4 Å². The Morgan fingerprint density at radius 1 is 1.14 bits per heavy atom. The van der Waals surface area contributed by atoms with Crippen LogP contribution >= 0.6 is 0 Å². The molecule has 0 aliphatic carbocycles. The highest BCUT2D eigenvalue weighted by Crippen LogP contribution is 2.25. The van der Waals surface area contributed by atoms with E-state index in [1.807, 2.05) is 48.0 Å². The molecule has 1 amide bonds. The van der Waals surface area contributed by atoms with Crippen molar-refractivity contribution in [2.75, 3.05) is 13.1 Å². The number of aryl methyl sites for hydroxylation is 1. The summed E-state index contributed by atoms with van der Waals surface area (Å²) in [5.41, 5.74) is 3.04. The third-order valence-corrected chi connectivity index (χ3v) is 5.28. The molecule has 1 saturated heterocycles. The molecule has 1 aromatic carbocycles. The van der Waals surface area contributed by atoms with Crippen LogP contribution in [0.3, 0.4) is 0 Å². The van der Waals surface area contributed by atoms with Crippen molar-refractivity contribution in [1.29, 1.82) is 0 Å². The number of benzene rings is 1. The third kappa shape index (κ3) is 3.82. The van der Waals surface area contributed by atoms with Crippen LogP contribution in [0.5, 0.6) is 0 Å². The second-order valence-corrected chi connectivity index (χ2v) is 7.12. The molecular weight excluding hydrogens is 350 g/mol. The molecule has 1 aliphatic heterocycles. The van der Waals surface area contributed by atoms with Crippen LogP contribution in [0.15, 0.2) is 61.2 Å². The molecule has 1 aliphatic rings. The Labute approximate surface area is 165 Å². The summed E-state index contributed by atoms with van der Waals surface area (Å²) < 4.78 is 2.04. The predicted octanol–water partition coefficient (Wildman–Crippen LogP) is 3.03. The minimum atomic E-state index is -0.293. The summed E-state index contributed by atoms with van der Waals surface area (Å²) in [6.45, 7) is 4.33. The van der Waals surface area contributed by atoms with Gasteiger partial charge in [0.1, 0.15) is 11.9 Å². The van der Waals surface area contributed by atoms with Crippen LogP contribution in [0.25, 0.3) is 5.69 Å². The van der Waals surface area contributed by atoms with Gasteiger partial charge < -0.3 is 9.88 Å². The Hall–Kier alpha value is -2.99. The van der Waals surface area contributed by atoms with Crippen LogP contribution in [0.2, 0.25) is 0 Å². The van der Waals surface area contributed by atoms with Gasteiger partial charge in [0.05, 0.1) is 5.69 Å². The lowest BCUT2D eigenvalue weighted by atomic mass is 10.1. The molecule has 1 N–H and O–H groups in total. The maximum Gasteiger partial charge on any atom is 0.242 e. The van der Waals surface area contributed by atoms with Crippen molar-refractivity contribution < 1.29 is 4.79 Å². The number of hydrogen-bond donors (Lipinski definition) is 1. The summed E-state index contributed by atoms with van der Waals surface area (Å²) in [4.78, 5) is 23.9. The number of nitrogens with one attached hydrogen (secondary N) is 1. The van der Waals surface area contributed by atoms with E-state index in [-0.39, 0.29) is 11.9 Å². The zero-order valence-corrected chi connectivity index (χ0v) is 16.1. The highest BCUT2D eigenvalue weighted by atomic mass is 16.2. The van der Waals surface area contributed by atoms with Gasteiger partial charge in [-0.25, -0.2) is 4.98 Å². The number of para-hydroxylation sites is 1. The SMILES string of the molecule is Cc1nccn1-c1ccccc1CNC(=O)C(c1cccnc1)N1CCCC1. The maximum absolute atomic E-state index is 13.2. The number of pyridine rings is 1. The van der Waals surface area contributed by atoms with E-state index in [2.05, 4.69) is 26.3 Å². The van der Waals surface area contributed by atoms with Crippen molar-refractivity contribution in [3.63, 3.8) is 0 Å². The zero-order chi connectivity index (χ0) is 19.3. The van der Waals surface area contributed by atoms with Gasteiger partial charge in [-0.3, -0.25) is 14.7 Å². The van der Waals surface area contributed by atoms with Crippen LogP contribution in [-0.2, 0) is 11.3 Å². The summed E-state index contributed by atoms with van der Waals surface area (Å²) in [5.74, 6) is 0.941. The molecule has 3 aromatic rings. The molecule has 0 saturated carbocycles. The molecule has 4 rings (SSSR count). The average Bonchev–Trinajstić information content (AvgIpc) is 3.40. The van der Waals surface area contributed by atoms with Gasteiger partial charge in [-0.05, 0) is 56.1 Å². The quantitative estimate of drug-likeness (QED) is 0.719. The molecule has 0 bridgehead atoms. The number of rotatable bonds is 6. The lowest BCUT2D eigenvalue weighted by Crippen LogP contribution is -2.39. The van der Waals surface area contributed by atoms with Gasteiger partial charge in [-0.1, -0.05) is 24.3 Å². The van der Waals surface area contributed by atoms with E-state index >= 15 is 0 Å². The minimum Gasteiger partial charge on any atom is -0.350 e. The van der Waals surface area contributed by atoms with Crippen LogP contribution in [0, 0.1) is 6.92 Å². The number of likely N-dealkylation sites (tertiary alicyclic amines) is 1. The summed E-state index contributed by atoms with van der Waals surface area (Å²) in [7, 11) is 0. The number of carbonyl (C=O) groups excluding carboxylic acids is 1. The number of nitrogens with zero attached hydrogens (tertiary/aromatic N) is 4. The van der Waals surface area contributed by atoms with Crippen molar-refractivity contribution in [1.82, 2.24) is 24.8 Å². The molecule has 1 unspecified atom stereocenters. The largest absolute Gasteiger partial charge is 0.350 e. The lowest BCUT2D eigenvalue weighted by Gasteiger charge is -2.26. The van der Waals surface area contributed by atoms with Gasteiger partial charge in [0.25, 0.3) is 0 Å². The van der Waals surface area contributed by atoms with Crippen LogP contribution in [0.4, 0.5) is 0 Å². The van der Waals surface area contributed by atoms with E-state index in [4.69, 9.17) is 0 Å². The van der Waals surface area contributed by atoms with E-state index in [1.165, 1.54) is 0 Å². The highest BCUT2D eigenvalue weighted by Gasteiger charge is 2.29. The van der Waals surface area contributed by atoms with E-state index in [0.29, 0.717) is 6.54 Å². The molecule has 3 heterocycles. The summed E-state index contributed by atoms with van der Waals surface area (Å²) in [6, 6.07) is 11.7. The molecule has 1 atom stereocenters. The van der Waals surface area contributed by atoms with E-state index < -0.39 is 0 Å². The fraction of sp³-hybridized carbons (Fsp3) is 0.318. The topological polar surface area (TPSA) is 63.1 Å². The maximum atomic E-state index is 13.2. The standard InChI is InChI=1S/C22H25N5O/c1-17-24-11-14-27(17)20-9-3-2-7-18(20)16-25-22(28)21(26-12-4-5-13-26)19-8-6-10-23-15-19/h2-3,6-11,14-15,21H,4-5,12-13,16H2,1H3,(H,25,28). The monoisotopic (exact) mass is 375 g/mol.